The van der Waals surface area contributed by atoms with Gasteiger partial charge in [-0.1, -0.05) is 49.0 Å². The van der Waals surface area contributed by atoms with Crippen LogP contribution < -0.4 is 5.32 Å². The van der Waals surface area contributed by atoms with Gasteiger partial charge in [0.2, 0.25) is 11.0 Å². The summed E-state index contributed by atoms with van der Waals surface area (Å²) in [4.78, 5) is 46.1. The van der Waals surface area contributed by atoms with E-state index in [1.165, 1.54) is 6.92 Å². The zero-order valence-corrected chi connectivity index (χ0v) is 13.8. The first-order valence-electron chi connectivity index (χ1n) is 7.06. The third-order valence-electron chi connectivity index (χ3n) is 3.05. The maximum Gasteiger partial charge on any atom is 0.327 e. The first kappa shape index (κ1) is 18.9. The molecular weight excluding hydrogens is 318 g/mol. The summed E-state index contributed by atoms with van der Waals surface area (Å²) in [5, 5.41) is 11.3. The normalized spacial score (nSPS) is 13.0. The van der Waals surface area contributed by atoms with E-state index in [1.807, 2.05) is 0 Å². The van der Waals surface area contributed by atoms with Crippen molar-refractivity contribution in [2.75, 3.05) is 5.75 Å². The third kappa shape index (κ3) is 6.65. The Morgan fingerprint density at radius 2 is 1.78 bits per heavy atom. The van der Waals surface area contributed by atoms with Crippen LogP contribution in [0.3, 0.4) is 0 Å². The van der Waals surface area contributed by atoms with Crippen molar-refractivity contribution in [3.63, 3.8) is 0 Å². The van der Waals surface area contributed by atoms with Crippen molar-refractivity contribution in [1.29, 1.82) is 0 Å². The van der Waals surface area contributed by atoms with Crippen LogP contribution in [0.2, 0.25) is 0 Å². The first-order valence-corrected chi connectivity index (χ1v) is 8.04. The highest BCUT2D eigenvalue weighted by atomic mass is 32.2. The van der Waals surface area contributed by atoms with Gasteiger partial charge in [-0.15, -0.1) is 0 Å². The second-order valence-electron chi connectivity index (χ2n) is 5.17. The highest BCUT2D eigenvalue weighted by molar-refractivity contribution is 8.14. The van der Waals surface area contributed by atoms with Crippen LogP contribution >= 0.6 is 11.8 Å². The second-order valence-corrected chi connectivity index (χ2v) is 6.16. The molecule has 0 aliphatic rings. The minimum absolute atomic E-state index is 0.0499. The molecule has 6 nitrogen and oxygen atoms in total. The van der Waals surface area contributed by atoms with Crippen molar-refractivity contribution in [2.24, 2.45) is 5.92 Å². The number of carboxylic acids is 1. The number of Topliss-reactive ketones (excluding diaryl/α,β-unsaturated/α-hetero) is 1. The SMILES string of the molecule is CC(=O)C[C@@H](C)C(=O)NC(CSC(=O)c1ccccc1)C(=O)O. The highest BCUT2D eigenvalue weighted by Gasteiger charge is 2.24. The van der Waals surface area contributed by atoms with Crippen LogP contribution in [0.15, 0.2) is 30.3 Å². The third-order valence-corrected chi connectivity index (χ3v) is 4.04. The molecular formula is C16H19NO5S. The van der Waals surface area contributed by atoms with Crippen LogP contribution in [0.5, 0.6) is 0 Å². The summed E-state index contributed by atoms with van der Waals surface area (Å²) >= 11 is 0.832. The predicted molar refractivity (Wildman–Crippen MR) is 87.3 cm³/mol. The van der Waals surface area contributed by atoms with Crippen molar-refractivity contribution in [2.45, 2.75) is 26.3 Å². The first-order chi connectivity index (χ1) is 10.8. The molecule has 124 valence electrons. The van der Waals surface area contributed by atoms with Gasteiger partial charge < -0.3 is 15.2 Å². The smallest absolute Gasteiger partial charge is 0.327 e. The van der Waals surface area contributed by atoms with Gasteiger partial charge in [0.1, 0.15) is 11.8 Å². The van der Waals surface area contributed by atoms with Gasteiger partial charge in [-0.2, -0.15) is 0 Å². The maximum absolute atomic E-state index is 11.9. The molecule has 0 aliphatic carbocycles. The van der Waals surface area contributed by atoms with Crippen LogP contribution in [0.4, 0.5) is 0 Å². The van der Waals surface area contributed by atoms with Gasteiger partial charge in [-0.25, -0.2) is 4.79 Å². The molecule has 0 heterocycles. The van der Waals surface area contributed by atoms with Crippen LogP contribution in [-0.4, -0.2) is 39.7 Å². The van der Waals surface area contributed by atoms with Gasteiger partial charge in [0.05, 0.1) is 0 Å². The lowest BCUT2D eigenvalue weighted by Gasteiger charge is -2.16. The minimum Gasteiger partial charge on any atom is -0.480 e. The van der Waals surface area contributed by atoms with E-state index < -0.39 is 23.8 Å². The maximum atomic E-state index is 11.9. The Balaban J connectivity index is 2.59. The number of aliphatic carboxylic acids is 1. The largest absolute Gasteiger partial charge is 0.480 e. The van der Waals surface area contributed by atoms with Crippen LogP contribution in [-0.2, 0) is 14.4 Å². The van der Waals surface area contributed by atoms with Gasteiger partial charge >= 0.3 is 5.97 Å². The van der Waals surface area contributed by atoms with Crippen molar-refractivity contribution in [3.8, 4) is 0 Å². The lowest BCUT2D eigenvalue weighted by Crippen LogP contribution is -2.45. The van der Waals surface area contributed by atoms with Crippen LogP contribution in [0.1, 0.15) is 30.6 Å². The number of ketones is 1. The average molecular weight is 337 g/mol. The minimum atomic E-state index is -1.22. The highest BCUT2D eigenvalue weighted by Crippen LogP contribution is 2.14. The number of carbonyl (C=O) groups is 4. The molecule has 1 amide bonds. The topological polar surface area (TPSA) is 101 Å². The van der Waals surface area contributed by atoms with Crippen molar-refractivity contribution in [3.05, 3.63) is 35.9 Å². The lowest BCUT2D eigenvalue weighted by atomic mass is 10.0. The second kappa shape index (κ2) is 9.09. The van der Waals surface area contributed by atoms with Gasteiger partial charge in [-0.05, 0) is 6.92 Å². The van der Waals surface area contributed by atoms with E-state index in [4.69, 9.17) is 5.11 Å². The Kier molecular flexibility index (Phi) is 7.47. The molecule has 1 aromatic carbocycles. The molecule has 0 spiro atoms. The van der Waals surface area contributed by atoms with Gasteiger partial charge in [-0.3, -0.25) is 9.59 Å². The summed E-state index contributed by atoms with van der Waals surface area (Å²) in [6, 6.07) is 7.30. The van der Waals surface area contributed by atoms with Gasteiger partial charge in [0.25, 0.3) is 0 Å². The Hall–Kier alpha value is -2.15. The van der Waals surface area contributed by atoms with E-state index in [0.717, 1.165) is 11.8 Å². The summed E-state index contributed by atoms with van der Waals surface area (Å²) in [6.45, 7) is 2.92. The summed E-state index contributed by atoms with van der Waals surface area (Å²) in [7, 11) is 0. The summed E-state index contributed by atoms with van der Waals surface area (Å²) in [5.74, 6) is -2.57. The number of benzene rings is 1. The Morgan fingerprint density at radius 3 is 2.30 bits per heavy atom. The predicted octanol–water partition coefficient (Wildman–Crippen LogP) is 1.74. The number of thioether (sulfide) groups is 1. The molecule has 2 atom stereocenters. The number of amides is 1. The van der Waals surface area contributed by atoms with E-state index in [2.05, 4.69) is 5.32 Å². The lowest BCUT2D eigenvalue weighted by molar-refractivity contribution is -0.141. The fourth-order valence-corrected chi connectivity index (χ4v) is 2.68. The van der Waals surface area contributed by atoms with E-state index in [0.29, 0.717) is 5.56 Å². The Labute approximate surface area is 138 Å². The zero-order valence-electron chi connectivity index (χ0n) is 12.9. The molecule has 0 aromatic heterocycles. The van der Waals surface area contributed by atoms with E-state index in [9.17, 15) is 19.2 Å². The number of hydrogen-bond donors (Lipinski definition) is 2. The van der Waals surface area contributed by atoms with Crippen molar-refractivity contribution < 1.29 is 24.3 Å². The standard InChI is InChI=1S/C16H19NO5S/c1-10(8-11(2)18)14(19)17-13(15(20)21)9-23-16(22)12-6-4-3-5-7-12/h3-7,10,13H,8-9H2,1-2H3,(H,17,19)(H,20,21)/t10-,13?/m1/s1. The fourth-order valence-electron chi connectivity index (χ4n) is 1.83. The number of carbonyl (C=O) groups excluding carboxylic acids is 3. The van der Waals surface area contributed by atoms with Gasteiger partial charge in [0, 0.05) is 23.7 Å². The molecule has 1 aromatic rings. The molecule has 0 bridgehead atoms. The Bertz CT molecular complexity index is 587. The van der Waals surface area contributed by atoms with Crippen LogP contribution in [0, 0.1) is 5.92 Å². The number of carboxylic acid groups (broad SMARTS) is 1. The molecule has 0 radical (unpaired) electrons. The van der Waals surface area contributed by atoms with E-state index in [1.54, 1.807) is 37.3 Å². The monoisotopic (exact) mass is 337 g/mol. The average Bonchev–Trinajstić information content (AvgIpc) is 2.50. The van der Waals surface area contributed by atoms with Crippen molar-refractivity contribution in [1.82, 2.24) is 5.32 Å². The van der Waals surface area contributed by atoms with E-state index >= 15 is 0 Å². The molecule has 1 rings (SSSR count). The molecule has 2 N–H and O–H groups in total. The summed E-state index contributed by atoms with van der Waals surface area (Å²) in [6.07, 6.45) is 0.0499. The molecule has 1 unspecified atom stereocenters. The number of nitrogens with one attached hydrogen (secondary N) is 1. The van der Waals surface area contributed by atoms with Gasteiger partial charge in [0.15, 0.2) is 0 Å². The molecule has 0 fully saturated rings. The van der Waals surface area contributed by atoms with Crippen molar-refractivity contribution >= 4 is 34.5 Å². The molecule has 23 heavy (non-hydrogen) atoms. The fraction of sp³-hybridized carbons (Fsp3) is 0.375. The molecule has 0 saturated carbocycles. The summed E-state index contributed by atoms with van der Waals surface area (Å²) in [5.41, 5.74) is 0.470. The molecule has 0 saturated heterocycles. The quantitative estimate of drug-likeness (QED) is 0.749. The molecule has 7 heteroatoms. The Morgan fingerprint density at radius 1 is 1.17 bits per heavy atom. The van der Waals surface area contributed by atoms with E-state index in [-0.39, 0.29) is 23.1 Å². The van der Waals surface area contributed by atoms with Crippen LogP contribution in [0.25, 0.3) is 0 Å². The number of rotatable bonds is 8. The zero-order chi connectivity index (χ0) is 17.4. The molecule has 0 aliphatic heterocycles. The summed E-state index contributed by atoms with van der Waals surface area (Å²) < 4.78 is 0. The number of hydrogen-bond acceptors (Lipinski definition) is 5.